The molecule has 30 heavy (non-hydrogen) atoms. The molecule has 0 amide bonds. The number of carbonyl (C=O) groups excluding carboxylic acids is 1. The first-order valence-electron chi connectivity index (χ1n) is 11.3. The smallest absolute Gasteiger partial charge is 0.166 e. The number of fused-ring (bicyclic) bond motifs is 2. The number of rotatable bonds is 5. The van der Waals surface area contributed by atoms with Crippen LogP contribution in [0.2, 0.25) is 0 Å². The van der Waals surface area contributed by atoms with Crippen molar-refractivity contribution in [3.8, 4) is 11.1 Å². The van der Waals surface area contributed by atoms with Gasteiger partial charge in [-0.15, -0.1) is 0 Å². The summed E-state index contributed by atoms with van der Waals surface area (Å²) in [4.78, 5) is 16.0. The Balaban J connectivity index is 1.29. The molecule has 2 saturated heterocycles. The predicted octanol–water partition coefficient (Wildman–Crippen LogP) is 6.37. The van der Waals surface area contributed by atoms with E-state index >= 15 is 0 Å². The van der Waals surface area contributed by atoms with Crippen LogP contribution in [0.25, 0.3) is 11.1 Å². The van der Waals surface area contributed by atoms with Crippen LogP contribution in [0.15, 0.2) is 84.9 Å². The fraction of sp³-hybridized carbons (Fsp3) is 0.321. The Bertz CT molecular complexity index is 966. The second-order valence-electron chi connectivity index (χ2n) is 8.87. The van der Waals surface area contributed by atoms with Crippen molar-refractivity contribution in [1.82, 2.24) is 4.90 Å². The fourth-order valence-electron chi connectivity index (χ4n) is 5.44. The molecular formula is C28H29NO. The lowest BCUT2D eigenvalue weighted by atomic mass is 9.75. The number of nitrogens with zero attached hydrogens (tertiary/aromatic N) is 1. The van der Waals surface area contributed by atoms with E-state index in [1.807, 2.05) is 18.2 Å². The molecule has 2 bridgehead atoms. The van der Waals surface area contributed by atoms with Crippen LogP contribution in [0, 0.1) is 5.92 Å². The van der Waals surface area contributed by atoms with Gasteiger partial charge in [-0.3, -0.25) is 9.69 Å². The van der Waals surface area contributed by atoms with Crippen LogP contribution >= 0.6 is 0 Å². The Morgan fingerprint density at radius 1 is 0.733 bits per heavy atom. The predicted molar refractivity (Wildman–Crippen MR) is 122 cm³/mol. The van der Waals surface area contributed by atoms with E-state index in [9.17, 15) is 4.79 Å². The minimum absolute atomic E-state index is 0.162. The number of hydrogen-bond donors (Lipinski definition) is 0. The molecule has 3 aromatic rings. The Kier molecular flexibility index (Phi) is 5.50. The first kappa shape index (κ1) is 19.3. The average molecular weight is 396 g/mol. The zero-order valence-corrected chi connectivity index (χ0v) is 17.4. The van der Waals surface area contributed by atoms with Gasteiger partial charge in [0.05, 0.1) is 0 Å². The third-order valence-electron chi connectivity index (χ3n) is 6.98. The molecule has 2 aliphatic heterocycles. The monoisotopic (exact) mass is 395 g/mol. The van der Waals surface area contributed by atoms with Gasteiger partial charge in [0.1, 0.15) is 0 Å². The summed E-state index contributed by atoms with van der Waals surface area (Å²) >= 11 is 0. The van der Waals surface area contributed by atoms with Crippen LogP contribution < -0.4 is 0 Å². The molecule has 0 aromatic heterocycles. The lowest BCUT2D eigenvalue weighted by Crippen LogP contribution is -2.52. The van der Waals surface area contributed by atoms with Crippen molar-refractivity contribution in [3.05, 3.63) is 96.1 Å². The highest BCUT2D eigenvalue weighted by molar-refractivity contribution is 5.98. The lowest BCUT2D eigenvalue weighted by Gasteiger charge is -2.48. The minimum atomic E-state index is 0.162. The van der Waals surface area contributed by atoms with E-state index in [0.717, 1.165) is 24.9 Å². The van der Waals surface area contributed by atoms with E-state index < -0.39 is 0 Å². The summed E-state index contributed by atoms with van der Waals surface area (Å²) in [5, 5.41) is 0. The summed E-state index contributed by atoms with van der Waals surface area (Å²) in [6.07, 6.45) is 5.75. The number of hydrogen-bond acceptors (Lipinski definition) is 2. The number of Topliss-reactive ketones (excluding diaryl/α,β-unsaturated/α-hetero) is 1. The first-order chi connectivity index (χ1) is 14.8. The Labute approximate surface area is 179 Å². The van der Waals surface area contributed by atoms with E-state index in [0.29, 0.717) is 17.9 Å². The SMILES string of the molecule is O=C(c1ccc(-c2ccccc2)cc1)C1CC2CCCC(C1)N2Cc1ccccc1. The summed E-state index contributed by atoms with van der Waals surface area (Å²) in [5.74, 6) is 0.501. The Morgan fingerprint density at radius 2 is 1.30 bits per heavy atom. The number of ketones is 1. The minimum Gasteiger partial charge on any atom is -0.294 e. The van der Waals surface area contributed by atoms with Gasteiger partial charge >= 0.3 is 0 Å². The van der Waals surface area contributed by atoms with Crippen LogP contribution in [0.5, 0.6) is 0 Å². The standard InChI is InChI=1S/C28H29NO/c30-28(24-16-14-23(15-17-24)22-10-5-2-6-11-22)25-18-26-12-7-13-27(19-25)29(26)20-21-8-3-1-4-9-21/h1-6,8-11,14-17,25-27H,7,12-13,18-20H2. The summed E-state index contributed by atoms with van der Waals surface area (Å²) in [6, 6.07) is 30.4. The van der Waals surface area contributed by atoms with Crippen molar-refractivity contribution in [2.45, 2.75) is 50.7 Å². The van der Waals surface area contributed by atoms with Crippen LogP contribution in [-0.4, -0.2) is 22.8 Å². The third-order valence-corrected chi connectivity index (χ3v) is 6.98. The molecule has 2 heterocycles. The molecular weight excluding hydrogens is 366 g/mol. The van der Waals surface area contributed by atoms with Gasteiger partial charge in [0.25, 0.3) is 0 Å². The van der Waals surface area contributed by atoms with Crippen molar-refractivity contribution < 1.29 is 4.79 Å². The molecule has 0 saturated carbocycles. The average Bonchev–Trinajstić information content (AvgIpc) is 2.80. The van der Waals surface area contributed by atoms with Crippen molar-refractivity contribution in [2.75, 3.05) is 0 Å². The Morgan fingerprint density at radius 3 is 1.93 bits per heavy atom. The van der Waals surface area contributed by atoms with E-state index in [4.69, 9.17) is 0 Å². The summed E-state index contributed by atoms with van der Waals surface area (Å²) in [6.45, 7) is 1.02. The molecule has 2 fully saturated rings. The zero-order valence-electron chi connectivity index (χ0n) is 17.4. The maximum Gasteiger partial charge on any atom is 0.166 e. The largest absolute Gasteiger partial charge is 0.294 e. The third kappa shape index (κ3) is 3.97. The molecule has 2 nitrogen and oxygen atoms in total. The fourth-order valence-corrected chi connectivity index (χ4v) is 5.44. The highest BCUT2D eigenvalue weighted by atomic mass is 16.1. The van der Waals surface area contributed by atoms with E-state index in [1.165, 1.54) is 36.0 Å². The molecule has 0 radical (unpaired) electrons. The van der Waals surface area contributed by atoms with Crippen molar-refractivity contribution in [3.63, 3.8) is 0 Å². The zero-order chi connectivity index (χ0) is 20.3. The molecule has 3 aromatic carbocycles. The maximum atomic E-state index is 13.3. The molecule has 2 aliphatic rings. The molecule has 0 N–H and O–H groups in total. The van der Waals surface area contributed by atoms with Gasteiger partial charge in [-0.2, -0.15) is 0 Å². The normalized spacial score (nSPS) is 23.8. The van der Waals surface area contributed by atoms with Crippen LogP contribution in [0.1, 0.15) is 48.0 Å². The summed E-state index contributed by atoms with van der Waals surface area (Å²) < 4.78 is 0. The van der Waals surface area contributed by atoms with Gasteiger partial charge in [0.2, 0.25) is 0 Å². The second-order valence-corrected chi connectivity index (χ2v) is 8.87. The van der Waals surface area contributed by atoms with Gasteiger partial charge < -0.3 is 0 Å². The van der Waals surface area contributed by atoms with Gasteiger partial charge in [0, 0.05) is 30.1 Å². The van der Waals surface area contributed by atoms with E-state index in [-0.39, 0.29) is 5.92 Å². The van der Waals surface area contributed by atoms with Crippen LogP contribution in [-0.2, 0) is 6.54 Å². The highest BCUT2D eigenvalue weighted by Gasteiger charge is 2.40. The van der Waals surface area contributed by atoms with Gasteiger partial charge in [0.15, 0.2) is 5.78 Å². The van der Waals surface area contributed by atoms with Crippen molar-refractivity contribution in [1.29, 1.82) is 0 Å². The quantitative estimate of drug-likeness (QED) is 0.468. The molecule has 2 heteroatoms. The van der Waals surface area contributed by atoms with Crippen LogP contribution in [0.4, 0.5) is 0 Å². The van der Waals surface area contributed by atoms with Gasteiger partial charge in [-0.1, -0.05) is 91.3 Å². The number of benzene rings is 3. The lowest BCUT2D eigenvalue weighted by molar-refractivity contribution is 0.00906. The Hall–Kier alpha value is -2.71. The van der Waals surface area contributed by atoms with Gasteiger partial charge in [-0.25, -0.2) is 0 Å². The second kappa shape index (κ2) is 8.57. The molecule has 152 valence electrons. The molecule has 2 unspecified atom stereocenters. The molecule has 5 rings (SSSR count). The number of carbonyl (C=O) groups is 1. The van der Waals surface area contributed by atoms with E-state index in [1.54, 1.807) is 0 Å². The highest BCUT2D eigenvalue weighted by Crippen LogP contribution is 2.39. The number of piperidine rings is 2. The van der Waals surface area contributed by atoms with Crippen molar-refractivity contribution in [2.24, 2.45) is 5.92 Å². The summed E-state index contributed by atoms with van der Waals surface area (Å²) in [7, 11) is 0. The maximum absolute atomic E-state index is 13.3. The molecule has 0 spiro atoms. The topological polar surface area (TPSA) is 20.3 Å². The van der Waals surface area contributed by atoms with Gasteiger partial charge in [-0.05, 0) is 42.4 Å². The first-order valence-corrected chi connectivity index (χ1v) is 11.3. The van der Waals surface area contributed by atoms with Crippen LogP contribution in [0.3, 0.4) is 0 Å². The van der Waals surface area contributed by atoms with Crippen molar-refractivity contribution >= 4 is 5.78 Å². The van der Waals surface area contributed by atoms with E-state index in [2.05, 4.69) is 71.6 Å². The summed E-state index contributed by atoms with van der Waals surface area (Å²) in [5.41, 5.74) is 4.62. The molecule has 2 atom stereocenters. The molecule has 0 aliphatic carbocycles.